The zero-order valence-corrected chi connectivity index (χ0v) is 14.0. The maximum absolute atomic E-state index is 12.8. The van der Waals surface area contributed by atoms with Gasteiger partial charge in [-0.05, 0) is 50.2 Å². The highest BCUT2D eigenvalue weighted by Gasteiger charge is 2.11. The molecule has 0 unspecified atom stereocenters. The van der Waals surface area contributed by atoms with Gasteiger partial charge in [-0.25, -0.2) is 13.6 Å². The molecule has 0 saturated heterocycles. The lowest BCUT2D eigenvalue weighted by molar-refractivity contribution is -0.139. The smallest absolute Gasteiger partial charge is 0.341 e. The average Bonchev–Trinajstić information content (AvgIpc) is 2.56. The summed E-state index contributed by atoms with van der Waals surface area (Å²) in [5.41, 5.74) is 0.0567. The molecule has 0 saturated carbocycles. The third kappa shape index (κ3) is 6.31. The molecule has 0 atom stereocenters. The largest absolute Gasteiger partial charge is 0.507 e. The van der Waals surface area contributed by atoms with E-state index in [4.69, 9.17) is 14.9 Å². The Hall–Kier alpha value is -3.29. The van der Waals surface area contributed by atoms with Gasteiger partial charge >= 0.3 is 5.97 Å². The van der Waals surface area contributed by atoms with E-state index in [-0.39, 0.29) is 34.2 Å². The van der Waals surface area contributed by atoms with E-state index >= 15 is 0 Å². The van der Waals surface area contributed by atoms with Gasteiger partial charge in [-0.15, -0.1) is 0 Å². The summed E-state index contributed by atoms with van der Waals surface area (Å²) in [6, 6.07) is 6.61. The summed E-state index contributed by atoms with van der Waals surface area (Å²) in [6.07, 6.45) is 0. The number of carboxylic acid groups (broad SMARTS) is 1. The maximum Gasteiger partial charge on any atom is 0.341 e. The molecule has 26 heavy (non-hydrogen) atoms. The first kappa shape index (κ1) is 20.8. The number of ketones is 2. The number of benzene rings is 2. The summed E-state index contributed by atoms with van der Waals surface area (Å²) in [5.74, 6) is -3.08. The van der Waals surface area contributed by atoms with Crippen LogP contribution in [0.1, 0.15) is 34.6 Å². The highest BCUT2D eigenvalue weighted by molar-refractivity contribution is 5.97. The fourth-order valence-electron chi connectivity index (χ4n) is 1.83. The molecule has 138 valence electrons. The van der Waals surface area contributed by atoms with Crippen molar-refractivity contribution in [3.05, 3.63) is 59.2 Å². The molecule has 2 rings (SSSR count). The Kier molecular flexibility index (Phi) is 7.39. The van der Waals surface area contributed by atoms with E-state index in [0.717, 1.165) is 30.3 Å². The van der Waals surface area contributed by atoms with E-state index in [1.54, 1.807) is 0 Å². The quantitative estimate of drug-likeness (QED) is 0.788. The number of Topliss-reactive ketones (excluding diaryl/α,β-unsaturated/α-hetero) is 2. The molecule has 0 aliphatic carbocycles. The van der Waals surface area contributed by atoms with Crippen LogP contribution in [0.2, 0.25) is 0 Å². The van der Waals surface area contributed by atoms with Crippen LogP contribution in [0.5, 0.6) is 11.5 Å². The Morgan fingerprint density at radius 1 is 0.923 bits per heavy atom. The zero-order valence-electron chi connectivity index (χ0n) is 14.0. The number of hydrogen-bond acceptors (Lipinski definition) is 5. The van der Waals surface area contributed by atoms with E-state index in [9.17, 15) is 23.2 Å². The number of rotatable bonds is 5. The molecule has 0 fully saturated rings. The molecule has 0 aliphatic rings. The number of carbonyl (C=O) groups excluding carboxylic acids is 2. The highest BCUT2D eigenvalue weighted by atomic mass is 19.1. The van der Waals surface area contributed by atoms with Crippen molar-refractivity contribution < 1.29 is 38.1 Å². The summed E-state index contributed by atoms with van der Waals surface area (Å²) < 4.78 is 30.1. The minimum absolute atomic E-state index is 0.0185. The van der Waals surface area contributed by atoms with E-state index in [0.29, 0.717) is 0 Å². The van der Waals surface area contributed by atoms with Crippen LogP contribution in [-0.2, 0) is 4.79 Å². The minimum atomic E-state index is -1.16. The maximum atomic E-state index is 12.8. The molecule has 0 amide bonds. The first-order valence-electron chi connectivity index (χ1n) is 7.26. The standard InChI is InChI=1S/C10H9FO4.C8H7FO2/c1-6(12)8-4-7(11)2-3-9(8)15-5-10(13)14;1-5(10)7-4-6(9)2-3-8(7)11/h2-4H,5H2,1H3,(H,13,14);2-4,11H,1H3. The topological polar surface area (TPSA) is 101 Å². The van der Waals surface area contributed by atoms with Gasteiger partial charge in [0.15, 0.2) is 18.2 Å². The highest BCUT2D eigenvalue weighted by Crippen LogP contribution is 2.20. The second-order valence-electron chi connectivity index (χ2n) is 5.10. The van der Waals surface area contributed by atoms with Gasteiger partial charge in [-0.1, -0.05) is 0 Å². The molecule has 2 N–H and O–H groups in total. The third-order valence-corrected chi connectivity index (χ3v) is 3.01. The second kappa shape index (κ2) is 9.26. The van der Waals surface area contributed by atoms with Gasteiger partial charge in [0.2, 0.25) is 0 Å². The van der Waals surface area contributed by atoms with Crippen molar-refractivity contribution in [1.29, 1.82) is 0 Å². The van der Waals surface area contributed by atoms with Crippen molar-refractivity contribution in [2.75, 3.05) is 6.61 Å². The number of aromatic hydroxyl groups is 1. The van der Waals surface area contributed by atoms with Crippen LogP contribution in [0.3, 0.4) is 0 Å². The number of phenolic OH excluding ortho intramolecular Hbond substituents is 1. The summed E-state index contributed by atoms with van der Waals surface area (Å²) in [6.45, 7) is 1.96. The van der Waals surface area contributed by atoms with Gasteiger partial charge in [-0.3, -0.25) is 9.59 Å². The van der Waals surface area contributed by atoms with Crippen LogP contribution in [0.15, 0.2) is 36.4 Å². The first-order valence-corrected chi connectivity index (χ1v) is 7.26. The first-order chi connectivity index (χ1) is 12.1. The predicted molar refractivity (Wildman–Crippen MR) is 87.6 cm³/mol. The van der Waals surface area contributed by atoms with Crippen molar-refractivity contribution >= 4 is 17.5 Å². The molecule has 2 aromatic carbocycles. The zero-order chi connectivity index (χ0) is 19.9. The molecule has 0 heterocycles. The third-order valence-electron chi connectivity index (χ3n) is 3.01. The number of aliphatic carboxylic acids is 1. The van der Waals surface area contributed by atoms with Crippen molar-refractivity contribution in [2.45, 2.75) is 13.8 Å². The van der Waals surface area contributed by atoms with Gasteiger partial charge in [0, 0.05) is 0 Å². The van der Waals surface area contributed by atoms with Gasteiger partial charge in [0.05, 0.1) is 11.1 Å². The van der Waals surface area contributed by atoms with Gasteiger partial charge < -0.3 is 14.9 Å². The minimum Gasteiger partial charge on any atom is -0.507 e. The fraction of sp³-hybridized carbons (Fsp3) is 0.167. The monoisotopic (exact) mass is 366 g/mol. The van der Waals surface area contributed by atoms with E-state index in [1.165, 1.54) is 19.9 Å². The number of halogens is 2. The molecule has 0 spiro atoms. The normalized spacial score (nSPS) is 9.69. The fourth-order valence-corrected chi connectivity index (χ4v) is 1.83. The summed E-state index contributed by atoms with van der Waals surface area (Å²) in [4.78, 5) is 32.0. The number of ether oxygens (including phenoxy) is 1. The predicted octanol–water partition coefficient (Wildman–Crippen LogP) is 3.23. The SMILES string of the molecule is CC(=O)c1cc(F)ccc1O.CC(=O)c1cc(F)ccc1OCC(=O)O. The van der Waals surface area contributed by atoms with Crippen molar-refractivity contribution in [3.63, 3.8) is 0 Å². The Morgan fingerprint density at radius 2 is 1.42 bits per heavy atom. The van der Waals surface area contributed by atoms with Crippen LogP contribution >= 0.6 is 0 Å². The molecular formula is C18H16F2O6. The molecule has 0 aromatic heterocycles. The molecule has 2 aromatic rings. The average molecular weight is 366 g/mol. The Balaban J connectivity index is 0.000000273. The van der Waals surface area contributed by atoms with Gasteiger partial charge in [0.1, 0.15) is 23.1 Å². The summed E-state index contributed by atoms with van der Waals surface area (Å²) in [5, 5.41) is 17.4. The van der Waals surface area contributed by atoms with Crippen LogP contribution in [-0.4, -0.2) is 34.4 Å². The molecule has 0 aliphatic heterocycles. The van der Waals surface area contributed by atoms with Crippen LogP contribution in [0.4, 0.5) is 8.78 Å². The number of hydrogen-bond donors (Lipinski definition) is 2. The van der Waals surface area contributed by atoms with E-state index in [2.05, 4.69) is 0 Å². The summed E-state index contributed by atoms with van der Waals surface area (Å²) >= 11 is 0. The van der Waals surface area contributed by atoms with Crippen molar-refractivity contribution in [1.82, 2.24) is 0 Å². The van der Waals surface area contributed by atoms with Gasteiger partial charge in [-0.2, -0.15) is 0 Å². The van der Waals surface area contributed by atoms with Crippen molar-refractivity contribution in [2.24, 2.45) is 0 Å². The molecule has 0 bridgehead atoms. The van der Waals surface area contributed by atoms with Crippen molar-refractivity contribution in [3.8, 4) is 11.5 Å². The molecular weight excluding hydrogens is 350 g/mol. The van der Waals surface area contributed by atoms with Crippen LogP contribution < -0.4 is 4.74 Å². The van der Waals surface area contributed by atoms with Crippen LogP contribution in [0.25, 0.3) is 0 Å². The molecule has 8 heteroatoms. The lowest BCUT2D eigenvalue weighted by Crippen LogP contribution is -2.11. The molecule has 0 radical (unpaired) electrons. The number of phenols is 1. The van der Waals surface area contributed by atoms with Gasteiger partial charge in [0.25, 0.3) is 0 Å². The van der Waals surface area contributed by atoms with E-state index < -0.39 is 24.2 Å². The number of carboxylic acids is 1. The Labute approximate surface area is 147 Å². The lowest BCUT2D eigenvalue weighted by Gasteiger charge is -2.07. The second-order valence-corrected chi connectivity index (χ2v) is 5.10. The lowest BCUT2D eigenvalue weighted by atomic mass is 10.1. The number of carbonyl (C=O) groups is 3. The summed E-state index contributed by atoms with van der Waals surface area (Å²) in [7, 11) is 0. The van der Waals surface area contributed by atoms with Crippen LogP contribution in [0, 0.1) is 11.6 Å². The Morgan fingerprint density at radius 3 is 1.88 bits per heavy atom. The molecule has 6 nitrogen and oxygen atoms in total. The van der Waals surface area contributed by atoms with E-state index in [1.807, 2.05) is 0 Å². The Bertz CT molecular complexity index is 832.